The van der Waals surface area contributed by atoms with Crippen LogP contribution in [0.5, 0.6) is 0 Å². The van der Waals surface area contributed by atoms with Crippen LogP contribution < -0.4 is 4.90 Å². The first-order valence-corrected chi connectivity index (χ1v) is 19.7. The van der Waals surface area contributed by atoms with Crippen molar-refractivity contribution in [1.29, 1.82) is 0 Å². The van der Waals surface area contributed by atoms with E-state index in [2.05, 4.69) is 211 Å². The molecule has 0 unspecified atom stereocenters. The summed E-state index contributed by atoms with van der Waals surface area (Å²) < 4.78 is 6.51. The molecule has 0 saturated heterocycles. The van der Waals surface area contributed by atoms with Crippen LogP contribution in [0, 0.1) is 0 Å². The van der Waals surface area contributed by atoms with Gasteiger partial charge in [-0.3, -0.25) is 0 Å². The molecule has 9 aromatic carbocycles. The van der Waals surface area contributed by atoms with E-state index >= 15 is 0 Å². The lowest BCUT2D eigenvalue weighted by Gasteiger charge is -2.31. The van der Waals surface area contributed by atoms with Gasteiger partial charge in [0.2, 0.25) is 0 Å². The number of hydrogen-bond acceptors (Lipinski definition) is 2. The molecule has 57 heavy (non-hydrogen) atoms. The Morgan fingerprint density at radius 3 is 1.51 bits per heavy atom. The average molecular weight is 726 g/mol. The zero-order chi connectivity index (χ0) is 37.5. The summed E-state index contributed by atoms with van der Waals surface area (Å²) in [6, 6.07) is 77.4. The van der Waals surface area contributed by atoms with Gasteiger partial charge < -0.3 is 9.32 Å². The van der Waals surface area contributed by atoms with Crippen molar-refractivity contribution >= 4 is 39.0 Å². The van der Waals surface area contributed by atoms with Gasteiger partial charge in [0.1, 0.15) is 11.2 Å². The first kappa shape index (κ1) is 31.9. The van der Waals surface area contributed by atoms with E-state index in [-0.39, 0.29) is 0 Å². The molecule has 0 saturated carbocycles. The lowest BCUT2D eigenvalue weighted by molar-refractivity contribution is 0.669. The highest BCUT2D eigenvalue weighted by Gasteiger charge is 2.52. The Balaban J connectivity index is 1.07. The minimum Gasteiger partial charge on any atom is -0.456 e. The van der Waals surface area contributed by atoms with Crippen LogP contribution >= 0.6 is 0 Å². The molecule has 10 aromatic rings. The Bertz CT molecular complexity index is 3130. The second kappa shape index (κ2) is 12.3. The Morgan fingerprint density at radius 1 is 0.333 bits per heavy atom. The number of rotatable bonds is 5. The number of anilines is 3. The standard InChI is InChI=1S/C55H35NO/c1-2-13-36(14-3-1)37-25-27-38(28-26-37)39-29-31-40(32-30-39)56(41-33-34-45-44-17-7-11-24-52(44)57-53(45)35-41)51-23-12-22-50-54(51)46-18-6-10-21-49(46)55(50)47-19-8-4-15-42(47)43-16-5-9-20-48(43)55/h1-35H. The molecule has 2 aliphatic carbocycles. The van der Waals surface area contributed by atoms with Gasteiger partial charge in [-0.1, -0.05) is 170 Å². The Labute approximate surface area is 331 Å². The summed E-state index contributed by atoms with van der Waals surface area (Å²) in [7, 11) is 0. The van der Waals surface area contributed by atoms with Gasteiger partial charge in [-0.2, -0.15) is 0 Å². The average Bonchev–Trinajstić information content (AvgIpc) is 3.91. The lowest BCUT2D eigenvalue weighted by atomic mass is 9.70. The van der Waals surface area contributed by atoms with Crippen LogP contribution in [0.3, 0.4) is 0 Å². The quantitative estimate of drug-likeness (QED) is 0.176. The van der Waals surface area contributed by atoms with E-state index in [0.29, 0.717) is 0 Å². The summed E-state index contributed by atoms with van der Waals surface area (Å²) in [6.45, 7) is 0. The van der Waals surface area contributed by atoms with Crippen LogP contribution in [0.1, 0.15) is 22.3 Å². The normalized spacial score (nSPS) is 13.1. The summed E-state index contributed by atoms with van der Waals surface area (Å²) in [5, 5.41) is 2.24. The fraction of sp³-hybridized carbons (Fsp3) is 0.0182. The molecule has 1 heterocycles. The van der Waals surface area contributed by atoms with Crippen molar-refractivity contribution in [3.8, 4) is 44.5 Å². The monoisotopic (exact) mass is 725 g/mol. The van der Waals surface area contributed by atoms with Crippen LogP contribution in [0.2, 0.25) is 0 Å². The van der Waals surface area contributed by atoms with Gasteiger partial charge in [-0.15, -0.1) is 0 Å². The first-order valence-electron chi connectivity index (χ1n) is 19.7. The van der Waals surface area contributed by atoms with Crippen LogP contribution in [-0.4, -0.2) is 0 Å². The highest BCUT2D eigenvalue weighted by molar-refractivity contribution is 6.07. The molecule has 2 aliphatic rings. The topological polar surface area (TPSA) is 16.4 Å². The van der Waals surface area contributed by atoms with Gasteiger partial charge in [-0.05, 0) is 97.6 Å². The van der Waals surface area contributed by atoms with Gasteiger partial charge in [0.15, 0.2) is 0 Å². The van der Waals surface area contributed by atoms with Gasteiger partial charge in [0.05, 0.1) is 11.1 Å². The van der Waals surface area contributed by atoms with Crippen molar-refractivity contribution in [1.82, 2.24) is 0 Å². The van der Waals surface area contributed by atoms with Crippen molar-refractivity contribution in [3.05, 3.63) is 235 Å². The predicted molar refractivity (Wildman–Crippen MR) is 236 cm³/mol. The minimum absolute atomic E-state index is 0.431. The zero-order valence-electron chi connectivity index (χ0n) is 31.1. The van der Waals surface area contributed by atoms with E-state index in [1.54, 1.807) is 0 Å². The van der Waals surface area contributed by atoms with Crippen LogP contribution in [-0.2, 0) is 5.41 Å². The van der Waals surface area contributed by atoms with E-state index in [1.165, 1.54) is 66.8 Å². The second-order valence-corrected chi connectivity index (χ2v) is 15.2. The summed E-state index contributed by atoms with van der Waals surface area (Å²) >= 11 is 0. The van der Waals surface area contributed by atoms with Gasteiger partial charge in [0.25, 0.3) is 0 Å². The molecule has 0 radical (unpaired) electrons. The fourth-order valence-electron chi connectivity index (χ4n) is 9.88. The number of hydrogen-bond donors (Lipinski definition) is 0. The number of para-hydroxylation sites is 1. The summed E-state index contributed by atoms with van der Waals surface area (Å²) in [6.07, 6.45) is 0. The maximum atomic E-state index is 6.51. The summed E-state index contributed by atoms with van der Waals surface area (Å²) in [4.78, 5) is 2.43. The Morgan fingerprint density at radius 2 is 0.825 bits per heavy atom. The molecule has 0 aliphatic heterocycles. The molecule has 2 heteroatoms. The van der Waals surface area contributed by atoms with Crippen molar-refractivity contribution in [2.75, 3.05) is 4.90 Å². The van der Waals surface area contributed by atoms with E-state index in [1.807, 2.05) is 6.07 Å². The summed E-state index contributed by atoms with van der Waals surface area (Å²) in [5.41, 5.74) is 19.8. The molecule has 0 amide bonds. The maximum absolute atomic E-state index is 6.51. The van der Waals surface area contributed by atoms with Crippen LogP contribution in [0.25, 0.3) is 66.4 Å². The highest BCUT2D eigenvalue weighted by Crippen LogP contribution is 2.64. The number of nitrogens with zero attached hydrogens (tertiary/aromatic N) is 1. The van der Waals surface area contributed by atoms with Gasteiger partial charge in [0, 0.05) is 33.8 Å². The lowest BCUT2D eigenvalue weighted by Crippen LogP contribution is -2.26. The molecular formula is C55H35NO. The first-order chi connectivity index (χ1) is 28.3. The molecule has 0 bridgehead atoms. The predicted octanol–water partition coefficient (Wildman–Crippen LogP) is 14.7. The largest absolute Gasteiger partial charge is 0.456 e. The van der Waals surface area contributed by atoms with E-state index in [4.69, 9.17) is 4.42 Å². The van der Waals surface area contributed by atoms with E-state index < -0.39 is 5.41 Å². The maximum Gasteiger partial charge on any atom is 0.137 e. The molecule has 1 aromatic heterocycles. The van der Waals surface area contributed by atoms with Gasteiger partial charge >= 0.3 is 0 Å². The molecule has 0 atom stereocenters. The van der Waals surface area contributed by atoms with Crippen molar-refractivity contribution < 1.29 is 4.42 Å². The van der Waals surface area contributed by atoms with Crippen molar-refractivity contribution in [2.45, 2.75) is 5.41 Å². The van der Waals surface area contributed by atoms with Crippen LogP contribution in [0.15, 0.2) is 217 Å². The Kier molecular flexibility index (Phi) is 6.88. The Hall–Kier alpha value is -7.42. The SMILES string of the molecule is c1ccc(-c2ccc(-c3ccc(N(c4ccc5c(c4)oc4ccccc45)c4cccc5c4-c4ccccc4C54c5ccccc5-c5ccccc54)cc3)cc2)cc1. The number of fused-ring (bicyclic) bond motifs is 13. The molecule has 2 nitrogen and oxygen atoms in total. The molecule has 0 N–H and O–H groups in total. The van der Waals surface area contributed by atoms with E-state index in [0.717, 1.165) is 39.0 Å². The second-order valence-electron chi connectivity index (χ2n) is 15.2. The fourth-order valence-corrected chi connectivity index (χ4v) is 9.88. The third-order valence-electron chi connectivity index (χ3n) is 12.3. The van der Waals surface area contributed by atoms with E-state index in [9.17, 15) is 0 Å². The molecule has 12 rings (SSSR count). The smallest absolute Gasteiger partial charge is 0.137 e. The zero-order valence-corrected chi connectivity index (χ0v) is 31.1. The van der Waals surface area contributed by atoms with Crippen molar-refractivity contribution in [2.24, 2.45) is 0 Å². The molecule has 0 fully saturated rings. The van der Waals surface area contributed by atoms with Crippen LogP contribution in [0.4, 0.5) is 17.1 Å². The number of benzene rings is 9. The highest BCUT2D eigenvalue weighted by atomic mass is 16.3. The molecule has 266 valence electrons. The summed E-state index contributed by atoms with van der Waals surface area (Å²) in [5.74, 6) is 0. The third-order valence-corrected chi connectivity index (χ3v) is 12.3. The molecular weight excluding hydrogens is 691 g/mol. The van der Waals surface area contributed by atoms with Gasteiger partial charge in [-0.25, -0.2) is 0 Å². The van der Waals surface area contributed by atoms with Crippen molar-refractivity contribution in [3.63, 3.8) is 0 Å². The minimum atomic E-state index is -0.431. The molecule has 1 spiro atoms. The number of furan rings is 1. The third kappa shape index (κ3) is 4.59.